The first-order chi connectivity index (χ1) is 9.75. The molecule has 0 saturated heterocycles. The van der Waals surface area contributed by atoms with E-state index >= 15 is 0 Å². The summed E-state index contributed by atoms with van der Waals surface area (Å²) in [7, 11) is -3.79. The highest BCUT2D eigenvalue weighted by Gasteiger charge is 2.15. The lowest BCUT2D eigenvalue weighted by molar-refractivity contribution is -0.116. The van der Waals surface area contributed by atoms with E-state index in [0.717, 1.165) is 12.8 Å². The van der Waals surface area contributed by atoms with E-state index in [2.05, 4.69) is 5.32 Å². The Balaban J connectivity index is 2.74. The Kier molecular flexibility index (Phi) is 6.32. The average Bonchev–Trinajstić information content (AvgIpc) is 2.38. The average molecular weight is 313 g/mol. The van der Waals surface area contributed by atoms with Crippen molar-refractivity contribution < 1.29 is 13.2 Å². The fourth-order valence-electron chi connectivity index (χ4n) is 2.08. The number of carbonyl (C=O) groups is 1. The molecule has 0 aliphatic heterocycles. The van der Waals surface area contributed by atoms with Gasteiger partial charge in [0, 0.05) is 12.1 Å². The zero-order valence-corrected chi connectivity index (χ0v) is 13.2. The van der Waals surface area contributed by atoms with Gasteiger partial charge in [-0.1, -0.05) is 13.0 Å². The van der Waals surface area contributed by atoms with Crippen LogP contribution in [0, 0.1) is 12.8 Å². The number of carbonyl (C=O) groups excluding carboxylic acids is 1. The van der Waals surface area contributed by atoms with Crippen LogP contribution in [0.4, 0.5) is 5.69 Å². The van der Waals surface area contributed by atoms with Crippen LogP contribution >= 0.6 is 0 Å². The van der Waals surface area contributed by atoms with Crippen molar-refractivity contribution in [3.05, 3.63) is 23.8 Å². The van der Waals surface area contributed by atoms with Crippen LogP contribution in [0.1, 0.15) is 31.7 Å². The van der Waals surface area contributed by atoms with Gasteiger partial charge in [-0.25, -0.2) is 13.6 Å². The third-order valence-corrected chi connectivity index (χ3v) is 4.44. The Hall–Kier alpha value is -1.44. The van der Waals surface area contributed by atoms with Crippen molar-refractivity contribution in [2.45, 2.75) is 38.0 Å². The smallest absolute Gasteiger partial charge is 0.238 e. The van der Waals surface area contributed by atoms with Crippen molar-refractivity contribution in [3.8, 4) is 0 Å². The van der Waals surface area contributed by atoms with Crippen molar-refractivity contribution in [1.82, 2.24) is 0 Å². The highest BCUT2D eigenvalue weighted by atomic mass is 32.2. The largest absolute Gasteiger partial charge is 0.330 e. The summed E-state index contributed by atoms with van der Waals surface area (Å²) in [4.78, 5) is 11.9. The van der Waals surface area contributed by atoms with E-state index < -0.39 is 10.0 Å². The molecule has 118 valence electrons. The summed E-state index contributed by atoms with van der Waals surface area (Å²) in [5.41, 5.74) is 6.39. The highest BCUT2D eigenvalue weighted by Crippen LogP contribution is 2.22. The van der Waals surface area contributed by atoms with Gasteiger partial charge in [0.2, 0.25) is 15.9 Å². The number of nitrogens with one attached hydrogen (secondary N) is 1. The number of sulfonamides is 1. The highest BCUT2D eigenvalue weighted by molar-refractivity contribution is 7.89. The second-order valence-corrected chi connectivity index (χ2v) is 6.77. The molecule has 0 heterocycles. The first-order valence-electron chi connectivity index (χ1n) is 6.88. The predicted octanol–water partition coefficient (Wildman–Crippen LogP) is 1.35. The topological polar surface area (TPSA) is 115 Å². The minimum atomic E-state index is -3.79. The lowest BCUT2D eigenvalue weighted by atomic mass is 10.0. The van der Waals surface area contributed by atoms with Crippen LogP contribution in [0.3, 0.4) is 0 Å². The van der Waals surface area contributed by atoms with Crippen molar-refractivity contribution in [2.75, 3.05) is 11.9 Å². The van der Waals surface area contributed by atoms with Gasteiger partial charge in [0.25, 0.3) is 0 Å². The third kappa shape index (κ3) is 5.45. The van der Waals surface area contributed by atoms with Gasteiger partial charge in [0.05, 0.1) is 4.90 Å². The minimum absolute atomic E-state index is 0.0248. The van der Waals surface area contributed by atoms with E-state index in [1.165, 1.54) is 6.07 Å². The van der Waals surface area contributed by atoms with Crippen molar-refractivity contribution in [2.24, 2.45) is 16.8 Å². The van der Waals surface area contributed by atoms with Crippen LogP contribution in [-0.4, -0.2) is 20.9 Å². The SMILES string of the molecule is Cc1c(NC(=O)CCC(C)CCN)cccc1S(N)(=O)=O. The first kappa shape index (κ1) is 17.6. The van der Waals surface area contributed by atoms with Crippen LogP contribution < -0.4 is 16.2 Å². The van der Waals surface area contributed by atoms with Gasteiger partial charge in [-0.3, -0.25) is 4.79 Å². The summed E-state index contributed by atoms with van der Waals surface area (Å²) < 4.78 is 22.9. The molecule has 6 nitrogen and oxygen atoms in total. The molecule has 1 amide bonds. The van der Waals surface area contributed by atoms with E-state index in [4.69, 9.17) is 10.9 Å². The minimum Gasteiger partial charge on any atom is -0.330 e. The van der Waals surface area contributed by atoms with Crippen molar-refractivity contribution in [3.63, 3.8) is 0 Å². The standard InChI is InChI=1S/C14H23N3O3S/c1-10(8-9-15)6-7-14(18)17-12-4-3-5-13(11(12)2)21(16,19)20/h3-5,10H,6-9,15H2,1-2H3,(H,17,18)(H2,16,19,20). The van der Waals surface area contributed by atoms with E-state index in [9.17, 15) is 13.2 Å². The molecule has 1 aromatic carbocycles. The van der Waals surface area contributed by atoms with E-state index in [-0.39, 0.29) is 10.8 Å². The van der Waals surface area contributed by atoms with Crippen LogP contribution in [-0.2, 0) is 14.8 Å². The van der Waals surface area contributed by atoms with E-state index in [1.54, 1.807) is 19.1 Å². The molecule has 21 heavy (non-hydrogen) atoms. The normalized spacial score (nSPS) is 13.0. The second kappa shape index (κ2) is 7.53. The molecule has 0 aliphatic carbocycles. The molecular weight excluding hydrogens is 290 g/mol. The Morgan fingerprint density at radius 1 is 1.33 bits per heavy atom. The van der Waals surface area contributed by atoms with Crippen LogP contribution in [0.15, 0.2) is 23.1 Å². The zero-order chi connectivity index (χ0) is 16.0. The van der Waals surface area contributed by atoms with E-state index in [0.29, 0.717) is 30.1 Å². The Morgan fingerprint density at radius 2 is 2.00 bits per heavy atom. The maximum atomic E-state index is 11.9. The quantitative estimate of drug-likeness (QED) is 0.704. The number of hydrogen-bond acceptors (Lipinski definition) is 4. The van der Waals surface area contributed by atoms with Crippen LogP contribution in [0.5, 0.6) is 0 Å². The summed E-state index contributed by atoms with van der Waals surface area (Å²) in [6.07, 6.45) is 2.00. The summed E-state index contributed by atoms with van der Waals surface area (Å²) in [6, 6.07) is 4.63. The molecule has 0 aromatic heterocycles. The van der Waals surface area contributed by atoms with Gasteiger partial charge in [-0.2, -0.15) is 0 Å². The number of nitrogens with two attached hydrogens (primary N) is 2. The number of rotatable bonds is 7. The predicted molar refractivity (Wildman–Crippen MR) is 83.3 cm³/mol. The molecule has 1 unspecified atom stereocenters. The summed E-state index contributed by atoms with van der Waals surface area (Å²) in [5.74, 6) is 0.242. The second-order valence-electron chi connectivity index (χ2n) is 5.24. The molecule has 1 atom stereocenters. The van der Waals surface area contributed by atoms with Crippen LogP contribution in [0.25, 0.3) is 0 Å². The van der Waals surface area contributed by atoms with Crippen molar-refractivity contribution in [1.29, 1.82) is 0 Å². The monoisotopic (exact) mass is 313 g/mol. The fourth-order valence-corrected chi connectivity index (χ4v) is 2.88. The van der Waals surface area contributed by atoms with Gasteiger partial charge in [-0.15, -0.1) is 0 Å². The molecule has 0 fully saturated rings. The Labute approximate surface area is 126 Å². The molecule has 0 spiro atoms. The molecule has 0 saturated carbocycles. The van der Waals surface area contributed by atoms with Gasteiger partial charge >= 0.3 is 0 Å². The summed E-state index contributed by atoms with van der Waals surface area (Å²) in [6.45, 7) is 4.28. The van der Waals surface area contributed by atoms with E-state index in [1.807, 2.05) is 6.92 Å². The Bertz CT molecular complexity index is 599. The molecule has 0 aliphatic rings. The summed E-state index contributed by atoms with van der Waals surface area (Å²) in [5, 5.41) is 7.87. The molecule has 1 aromatic rings. The number of primary sulfonamides is 1. The number of benzene rings is 1. The third-order valence-electron chi connectivity index (χ3n) is 3.39. The number of hydrogen-bond donors (Lipinski definition) is 3. The fraction of sp³-hybridized carbons (Fsp3) is 0.500. The summed E-state index contributed by atoms with van der Waals surface area (Å²) >= 11 is 0. The molecular formula is C14H23N3O3S. The number of amides is 1. The molecule has 1 rings (SSSR count). The Morgan fingerprint density at radius 3 is 2.57 bits per heavy atom. The molecule has 7 heteroatoms. The lowest BCUT2D eigenvalue weighted by Crippen LogP contribution is -2.17. The lowest BCUT2D eigenvalue weighted by Gasteiger charge is -2.13. The van der Waals surface area contributed by atoms with Crippen molar-refractivity contribution >= 4 is 21.6 Å². The van der Waals surface area contributed by atoms with Gasteiger partial charge in [-0.05, 0) is 49.9 Å². The molecule has 0 bridgehead atoms. The maximum Gasteiger partial charge on any atom is 0.238 e. The maximum absolute atomic E-state index is 11.9. The molecule has 5 N–H and O–H groups in total. The van der Waals surface area contributed by atoms with Gasteiger partial charge < -0.3 is 11.1 Å². The van der Waals surface area contributed by atoms with Gasteiger partial charge in [0.1, 0.15) is 0 Å². The van der Waals surface area contributed by atoms with Gasteiger partial charge in [0.15, 0.2) is 0 Å². The molecule has 0 radical (unpaired) electrons. The number of anilines is 1. The zero-order valence-electron chi connectivity index (χ0n) is 12.4. The van der Waals surface area contributed by atoms with Crippen LogP contribution in [0.2, 0.25) is 0 Å². The first-order valence-corrected chi connectivity index (χ1v) is 8.42.